The number of pyridine rings is 1. The molecule has 0 aliphatic rings. The Morgan fingerprint density at radius 1 is 1.36 bits per heavy atom. The van der Waals surface area contributed by atoms with Gasteiger partial charge in [0.1, 0.15) is 0 Å². The van der Waals surface area contributed by atoms with Crippen LogP contribution in [-0.4, -0.2) is 4.98 Å². The summed E-state index contributed by atoms with van der Waals surface area (Å²) in [5.41, 5.74) is 9.16. The number of benzene rings is 1. The number of aryl methyl sites for hydroxylation is 1. The van der Waals surface area contributed by atoms with Gasteiger partial charge in [0.2, 0.25) is 0 Å². The molecule has 0 aliphatic heterocycles. The van der Waals surface area contributed by atoms with Crippen molar-refractivity contribution in [2.75, 3.05) is 0 Å². The number of fused-ring (bicyclic) bond motifs is 1. The van der Waals surface area contributed by atoms with Crippen LogP contribution in [0.2, 0.25) is 0 Å². The zero-order chi connectivity index (χ0) is 10.1. The highest BCUT2D eigenvalue weighted by Crippen LogP contribution is 2.19. The zero-order valence-corrected chi connectivity index (χ0v) is 8.49. The predicted molar refractivity (Wildman–Crippen MR) is 59.1 cm³/mol. The van der Waals surface area contributed by atoms with E-state index in [-0.39, 0.29) is 6.04 Å². The van der Waals surface area contributed by atoms with Crippen LogP contribution in [0.1, 0.15) is 24.1 Å². The Kier molecular flexibility index (Phi) is 2.22. The summed E-state index contributed by atoms with van der Waals surface area (Å²) in [6.07, 6.45) is 1.86. The summed E-state index contributed by atoms with van der Waals surface area (Å²) in [5, 5.41) is 1.17. The van der Waals surface area contributed by atoms with Crippen LogP contribution in [0.3, 0.4) is 0 Å². The van der Waals surface area contributed by atoms with Crippen LogP contribution in [0, 0.1) is 6.92 Å². The molecule has 1 aromatic heterocycles. The fourth-order valence-corrected chi connectivity index (χ4v) is 1.58. The van der Waals surface area contributed by atoms with Crippen molar-refractivity contribution in [3.8, 4) is 0 Å². The summed E-state index contributed by atoms with van der Waals surface area (Å²) in [4.78, 5) is 4.42. The average Bonchev–Trinajstić information content (AvgIpc) is 2.17. The highest BCUT2D eigenvalue weighted by molar-refractivity contribution is 5.81. The number of rotatable bonds is 1. The van der Waals surface area contributed by atoms with Gasteiger partial charge < -0.3 is 5.73 Å². The minimum atomic E-state index is 0.0485. The Bertz CT molecular complexity index is 461. The largest absolute Gasteiger partial charge is 0.324 e. The van der Waals surface area contributed by atoms with Crippen LogP contribution in [-0.2, 0) is 0 Å². The Labute approximate surface area is 83.8 Å². The zero-order valence-electron chi connectivity index (χ0n) is 8.49. The second-order valence-corrected chi connectivity index (χ2v) is 3.70. The predicted octanol–water partition coefficient (Wildman–Crippen LogP) is 2.56. The molecule has 14 heavy (non-hydrogen) atoms. The van der Waals surface area contributed by atoms with Gasteiger partial charge >= 0.3 is 0 Å². The molecule has 0 saturated heterocycles. The van der Waals surface area contributed by atoms with Crippen molar-refractivity contribution in [3.63, 3.8) is 0 Å². The number of nitrogens with two attached hydrogens (primary N) is 1. The highest BCUT2D eigenvalue weighted by atomic mass is 14.7. The Hall–Kier alpha value is -1.41. The molecule has 0 spiro atoms. The molecule has 2 nitrogen and oxygen atoms in total. The molecule has 1 heterocycles. The monoisotopic (exact) mass is 186 g/mol. The van der Waals surface area contributed by atoms with Crippen LogP contribution in [0.5, 0.6) is 0 Å². The maximum absolute atomic E-state index is 5.80. The van der Waals surface area contributed by atoms with E-state index in [1.807, 2.05) is 19.2 Å². The van der Waals surface area contributed by atoms with E-state index in [0.717, 1.165) is 11.1 Å². The van der Waals surface area contributed by atoms with Gasteiger partial charge in [-0.2, -0.15) is 0 Å². The molecule has 0 fully saturated rings. The molecule has 0 bridgehead atoms. The SMILES string of the molecule is Cc1cccc2cc(C(C)N)cnc12. The molecule has 2 N–H and O–H groups in total. The number of hydrogen-bond donors (Lipinski definition) is 1. The number of para-hydroxylation sites is 1. The smallest absolute Gasteiger partial charge is 0.0731 e. The summed E-state index contributed by atoms with van der Waals surface area (Å²) in [7, 11) is 0. The van der Waals surface area contributed by atoms with Gasteiger partial charge in [-0.3, -0.25) is 4.98 Å². The summed E-state index contributed by atoms with van der Waals surface area (Å²) in [6, 6.07) is 8.35. The summed E-state index contributed by atoms with van der Waals surface area (Å²) in [6.45, 7) is 4.04. The molecule has 0 amide bonds. The molecule has 0 saturated carbocycles. The lowest BCUT2D eigenvalue weighted by Crippen LogP contribution is -2.05. The van der Waals surface area contributed by atoms with Gasteiger partial charge in [0.15, 0.2) is 0 Å². The fourth-order valence-electron chi connectivity index (χ4n) is 1.58. The van der Waals surface area contributed by atoms with E-state index in [4.69, 9.17) is 5.73 Å². The molecule has 0 radical (unpaired) electrons. The van der Waals surface area contributed by atoms with E-state index >= 15 is 0 Å². The fraction of sp³-hybridized carbons (Fsp3) is 0.250. The van der Waals surface area contributed by atoms with Crippen molar-refractivity contribution in [1.82, 2.24) is 4.98 Å². The second-order valence-electron chi connectivity index (χ2n) is 3.70. The van der Waals surface area contributed by atoms with Gasteiger partial charge in [-0.25, -0.2) is 0 Å². The van der Waals surface area contributed by atoms with Crippen molar-refractivity contribution in [2.45, 2.75) is 19.9 Å². The summed E-state index contributed by atoms with van der Waals surface area (Å²) in [5.74, 6) is 0. The van der Waals surface area contributed by atoms with Gasteiger partial charge in [0.05, 0.1) is 5.52 Å². The molecular weight excluding hydrogens is 172 g/mol. The lowest BCUT2D eigenvalue weighted by Gasteiger charge is -2.07. The van der Waals surface area contributed by atoms with Crippen molar-refractivity contribution >= 4 is 10.9 Å². The van der Waals surface area contributed by atoms with Crippen LogP contribution in [0.15, 0.2) is 30.5 Å². The van der Waals surface area contributed by atoms with Gasteiger partial charge in [0.25, 0.3) is 0 Å². The number of hydrogen-bond acceptors (Lipinski definition) is 2. The van der Waals surface area contributed by atoms with Crippen molar-refractivity contribution < 1.29 is 0 Å². The lowest BCUT2D eigenvalue weighted by atomic mass is 10.1. The molecule has 2 rings (SSSR count). The third-order valence-corrected chi connectivity index (χ3v) is 2.46. The van der Waals surface area contributed by atoms with Gasteiger partial charge in [0, 0.05) is 17.6 Å². The first-order chi connectivity index (χ1) is 6.68. The maximum atomic E-state index is 5.80. The molecule has 2 heteroatoms. The summed E-state index contributed by atoms with van der Waals surface area (Å²) < 4.78 is 0. The first-order valence-electron chi connectivity index (χ1n) is 4.79. The topological polar surface area (TPSA) is 38.9 Å². The van der Waals surface area contributed by atoms with Gasteiger partial charge in [-0.15, -0.1) is 0 Å². The normalized spacial score (nSPS) is 13.1. The van der Waals surface area contributed by atoms with E-state index in [0.29, 0.717) is 0 Å². The third kappa shape index (κ3) is 1.49. The molecular formula is C12H14N2. The Morgan fingerprint density at radius 2 is 2.14 bits per heavy atom. The van der Waals surface area contributed by atoms with Crippen LogP contribution < -0.4 is 5.73 Å². The minimum Gasteiger partial charge on any atom is -0.324 e. The van der Waals surface area contributed by atoms with Gasteiger partial charge in [-0.05, 0) is 31.0 Å². The Morgan fingerprint density at radius 3 is 2.86 bits per heavy atom. The number of aromatic nitrogens is 1. The lowest BCUT2D eigenvalue weighted by molar-refractivity contribution is 0.814. The van der Waals surface area contributed by atoms with Crippen molar-refractivity contribution in [3.05, 3.63) is 41.6 Å². The van der Waals surface area contributed by atoms with E-state index in [2.05, 4.69) is 30.1 Å². The third-order valence-electron chi connectivity index (χ3n) is 2.46. The first kappa shape index (κ1) is 9.16. The minimum absolute atomic E-state index is 0.0485. The molecule has 72 valence electrons. The standard InChI is InChI=1S/C12H14N2/c1-8-4-3-5-10-6-11(9(2)13)7-14-12(8)10/h3-7,9H,13H2,1-2H3. The average molecular weight is 186 g/mol. The van der Waals surface area contributed by atoms with Crippen molar-refractivity contribution in [1.29, 1.82) is 0 Å². The second kappa shape index (κ2) is 3.39. The first-order valence-corrected chi connectivity index (χ1v) is 4.79. The molecule has 0 aliphatic carbocycles. The summed E-state index contributed by atoms with van der Waals surface area (Å²) >= 11 is 0. The van der Waals surface area contributed by atoms with E-state index in [9.17, 15) is 0 Å². The molecule has 2 aromatic rings. The number of nitrogens with zero attached hydrogens (tertiary/aromatic N) is 1. The van der Waals surface area contributed by atoms with Gasteiger partial charge in [-0.1, -0.05) is 18.2 Å². The molecule has 1 unspecified atom stereocenters. The van der Waals surface area contributed by atoms with Crippen LogP contribution in [0.4, 0.5) is 0 Å². The Balaban J connectivity index is 2.67. The van der Waals surface area contributed by atoms with E-state index in [1.165, 1.54) is 10.9 Å². The van der Waals surface area contributed by atoms with Crippen LogP contribution in [0.25, 0.3) is 10.9 Å². The van der Waals surface area contributed by atoms with Crippen molar-refractivity contribution in [2.24, 2.45) is 5.73 Å². The molecule has 1 aromatic carbocycles. The van der Waals surface area contributed by atoms with E-state index < -0.39 is 0 Å². The molecule has 1 atom stereocenters. The maximum Gasteiger partial charge on any atom is 0.0731 e. The highest BCUT2D eigenvalue weighted by Gasteiger charge is 2.02. The quantitative estimate of drug-likeness (QED) is 0.743. The van der Waals surface area contributed by atoms with Crippen LogP contribution >= 0.6 is 0 Å². The van der Waals surface area contributed by atoms with E-state index in [1.54, 1.807) is 0 Å².